The molecule has 0 unspecified atom stereocenters. The molecule has 0 fully saturated rings. The quantitative estimate of drug-likeness (QED) is 0.351. The van der Waals surface area contributed by atoms with Gasteiger partial charge in [0.1, 0.15) is 0 Å². The van der Waals surface area contributed by atoms with Crippen molar-refractivity contribution in [3.8, 4) is 0 Å². The second-order valence-corrected chi connectivity index (χ2v) is 5.59. The molecular weight excluding hydrogens is 230 g/mol. The van der Waals surface area contributed by atoms with Crippen molar-refractivity contribution in [3.63, 3.8) is 0 Å². The van der Waals surface area contributed by atoms with Crippen molar-refractivity contribution in [1.29, 1.82) is 0 Å². The van der Waals surface area contributed by atoms with E-state index in [1.54, 1.807) is 0 Å². The van der Waals surface area contributed by atoms with Gasteiger partial charge >= 0.3 is 5.97 Å². The predicted octanol–water partition coefficient (Wildman–Crippen LogP) is 1.96. The van der Waals surface area contributed by atoms with E-state index in [2.05, 4.69) is 14.1 Å². The zero-order valence-corrected chi connectivity index (χ0v) is 12.3. The molecule has 0 amide bonds. The fraction of sp³-hybridized carbons (Fsp3) is 0.929. The number of quaternary nitrogens is 1. The molecule has 0 aliphatic carbocycles. The average Bonchev–Trinajstić information content (AvgIpc) is 2.31. The lowest BCUT2D eigenvalue weighted by Crippen LogP contribution is -2.44. The molecule has 0 aromatic carbocycles. The van der Waals surface area contributed by atoms with E-state index >= 15 is 0 Å². The van der Waals surface area contributed by atoms with Gasteiger partial charge in [-0.05, 0) is 19.3 Å². The molecule has 0 rings (SSSR count). The van der Waals surface area contributed by atoms with Crippen LogP contribution < -0.4 is 0 Å². The molecule has 0 bridgehead atoms. The zero-order chi connectivity index (χ0) is 13.9. The lowest BCUT2D eigenvalue weighted by Gasteiger charge is -2.28. The van der Waals surface area contributed by atoms with Gasteiger partial charge in [-0.1, -0.05) is 25.7 Å². The Bertz CT molecular complexity index is 217. The number of ether oxygens (including phenoxy) is 1. The summed E-state index contributed by atoms with van der Waals surface area (Å²) in [5, 5.41) is 8.65. The van der Waals surface area contributed by atoms with Crippen LogP contribution in [0.15, 0.2) is 0 Å². The molecule has 4 heteroatoms. The van der Waals surface area contributed by atoms with Crippen LogP contribution in [0.1, 0.15) is 44.9 Å². The first-order valence-corrected chi connectivity index (χ1v) is 7.01. The van der Waals surface area contributed by atoms with E-state index in [4.69, 9.17) is 9.84 Å². The predicted molar refractivity (Wildman–Crippen MR) is 73.3 cm³/mol. The van der Waals surface area contributed by atoms with Crippen LogP contribution in [0.25, 0.3) is 0 Å². The van der Waals surface area contributed by atoms with E-state index in [9.17, 15) is 4.79 Å². The highest BCUT2D eigenvalue weighted by molar-refractivity contribution is 5.70. The molecule has 0 aromatic rings. The largest absolute Gasteiger partial charge is 0.465 e. The summed E-state index contributed by atoms with van der Waals surface area (Å²) in [4.78, 5) is 11.2. The van der Waals surface area contributed by atoms with E-state index in [-0.39, 0.29) is 5.97 Å². The Balaban J connectivity index is 3.44. The van der Waals surface area contributed by atoms with Gasteiger partial charge in [-0.15, -0.1) is 0 Å². The number of aliphatic hydroxyl groups excluding tert-OH is 1. The number of esters is 1. The fourth-order valence-corrected chi connectivity index (χ4v) is 2.03. The summed E-state index contributed by atoms with van der Waals surface area (Å²) in [5.41, 5.74) is 0. The smallest absolute Gasteiger partial charge is 0.361 e. The first-order valence-electron chi connectivity index (χ1n) is 7.01. The van der Waals surface area contributed by atoms with Crippen molar-refractivity contribution in [1.82, 2.24) is 0 Å². The second kappa shape index (κ2) is 10.3. The number of nitrogens with zero attached hydrogens (tertiary/aromatic N) is 1. The Kier molecular flexibility index (Phi) is 9.98. The summed E-state index contributed by atoms with van der Waals surface area (Å²) in [6.45, 7) is 1.79. The number of hydrogen-bond donors (Lipinski definition) is 1. The molecule has 0 spiro atoms. The van der Waals surface area contributed by atoms with E-state index in [0.29, 0.717) is 17.6 Å². The van der Waals surface area contributed by atoms with Crippen molar-refractivity contribution >= 4 is 5.97 Å². The fourth-order valence-electron chi connectivity index (χ4n) is 2.03. The Morgan fingerprint density at radius 2 is 1.50 bits per heavy atom. The Morgan fingerprint density at radius 3 is 2.00 bits per heavy atom. The van der Waals surface area contributed by atoms with E-state index in [1.165, 1.54) is 32.8 Å². The average molecular weight is 260 g/mol. The molecule has 1 N–H and O–H groups in total. The third-order valence-electron chi connectivity index (χ3n) is 3.21. The summed E-state index contributed by atoms with van der Waals surface area (Å²) >= 11 is 0. The van der Waals surface area contributed by atoms with Gasteiger partial charge < -0.3 is 14.3 Å². The lowest BCUT2D eigenvalue weighted by molar-refractivity contribution is -0.883. The normalized spacial score (nSPS) is 11.6. The number of hydrogen-bond acceptors (Lipinski definition) is 3. The van der Waals surface area contributed by atoms with Crippen molar-refractivity contribution in [3.05, 3.63) is 0 Å². The first-order chi connectivity index (χ1) is 8.52. The molecule has 0 saturated heterocycles. The third-order valence-corrected chi connectivity index (χ3v) is 3.21. The lowest BCUT2D eigenvalue weighted by atomic mass is 10.1. The van der Waals surface area contributed by atoms with Gasteiger partial charge in [0.05, 0.1) is 27.7 Å². The monoisotopic (exact) mass is 260 g/mol. The number of methoxy groups -OCH3 is 1. The van der Waals surface area contributed by atoms with E-state index < -0.39 is 0 Å². The highest BCUT2D eigenvalue weighted by Crippen LogP contribution is 2.09. The van der Waals surface area contributed by atoms with Crippen molar-refractivity contribution in [2.45, 2.75) is 44.9 Å². The minimum atomic E-state index is -0.135. The number of unbranched alkanes of at least 4 members (excludes halogenated alkanes) is 6. The van der Waals surface area contributed by atoms with Crippen molar-refractivity contribution in [2.75, 3.05) is 40.9 Å². The molecular formula is C14H30NO3+. The van der Waals surface area contributed by atoms with Crippen molar-refractivity contribution < 1.29 is 19.1 Å². The van der Waals surface area contributed by atoms with Crippen LogP contribution >= 0.6 is 0 Å². The number of rotatable bonds is 11. The van der Waals surface area contributed by atoms with Gasteiger partial charge in [0.25, 0.3) is 0 Å². The molecule has 0 aliphatic heterocycles. The van der Waals surface area contributed by atoms with Crippen LogP contribution in [-0.2, 0) is 9.53 Å². The number of likely N-dealkylation sites (N-methyl/N-ethyl adjacent to an activating group) is 1. The third kappa shape index (κ3) is 10.5. The topological polar surface area (TPSA) is 46.5 Å². The van der Waals surface area contributed by atoms with Crippen LogP contribution in [0.3, 0.4) is 0 Å². The molecule has 0 aromatic heterocycles. The van der Waals surface area contributed by atoms with E-state index in [0.717, 1.165) is 25.8 Å². The molecule has 0 atom stereocenters. The highest BCUT2D eigenvalue weighted by Gasteiger charge is 2.19. The highest BCUT2D eigenvalue weighted by atomic mass is 16.5. The zero-order valence-electron chi connectivity index (χ0n) is 12.3. The first kappa shape index (κ1) is 17.4. The van der Waals surface area contributed by atoms with Crippen LogP contribution in [0.4, 0.5) is 0 Å². The van der Waals surface area contributed by atoms with Gasteiger partial charge in [0.15, 0.2) is 6.54 Å². The van der Waals surface area contributed by atoms with Gasteiger partial charge in [0.2, 0.25) is 0 Å². The Labute approximate surface area is 112 Å². The number of carbonyl (C=O) groups is 1. The molecule has 0 radical (unpaired) electrons. The molecule has 4 nitrogen and oxygen atoms in total. The second-order valence-electron chi connectivity index (χ2n) is 5.59. The summed E-state index contributed by atoms with van der Waals surface area (Å²) in [6.07, 6.45) is 8.18. The molecule has 18 heavy (non-hydrogen) atoms. The maximum Gasteiger partial charge on any atom is 0.361 e. The van der Waals surface area contributed by atoms with Gasteiger partial charge in [0, 0.05) is 6.61 Å². The van der Waals surface area contributed by atoms with Crippen LogP contribution in [0.5, 0.6) is 0 Å². The maximum atomic E-state index is 11.2. The standard InChI is InChI=1S/C14H30NO3/c1-15(2,13-14(17)18-3)11-9-7-5-4-6-8-10-12-16/h16H,4-13H2,1-3H3/q+1. The van der Waals surface area contributed by atoms with Crippen LogP contribution in [-0.4, -0.2) is 56.5 Å². The van der Waals surface area contributed by atoms with Gasteiger partial charge in [-0.25, -0.2) is 4.79 Å². The van der Waals surface area contributed by atoms with E-state index in [1.807, 2.05) is 0 Å². The molecule has 0 saturated carbocycles. The summed E-state index contributed by atoms with van der Waals surface area (Å²) in [5.74, 6) is -0.135. The van der Waals surface area contributed by atoms with Crippen LogP contribution in [0, 0.1) is 0 Å². The van der Waals surface area contributed by atoms with Crippen molar-refractivity contribution in [2.24, 2.45) is 0 Å². The van der Waals surface area contributed by atoms with Gasteiger partial charge in [-0.2, -0.15) is 0 Å². The summed E-state index contributed by atoms with van der Waals surface area (Å²) in [7, 11) is 5.57. The minimum Gasteiger partial charge on any atom is -0.465 e. The molecule has 0 heterocycles. The summed E-state index contributed by atoms with van der Waals surface area (Å²) in [6, 6.07) is 0. The Morgan fingerprint density at radius 1 is 1.00 bits per heavy atom. The minimum absolute atomic E-state index is 0.135. The maximum absolute atomic E-state index is 11.2. The van der Waals surface area contributed by atoms with Crippen LogP contribution in [0.2, 0.25) is 0 Å². The number of aliphatic hydroxyl groups is 1. The summed E-state index contributed by atoms with van der Waals surface area (Å²) < 4.78 is 5.40. The molecule has 0 aliphatic rings. The number of carbonyl (C=O) groups excluding carboxylic acids is 1. The Hall–Kier alpha value is -0.610. The van der Waals surface area contributed by atoms with Gasteiger partial charge in [-0.3, -0.25) is 0 Å². The molecule has 108 valence electrons. The SMILES string of the molecule is COC(=O)C[N+](C)(C)CCCCCCCCCO.